The summed E-state index contributed by atoms with van der Waals surface area (Å²) in [6.45, 7) is 2.47. The van der Waals surface area contributed by atoms with Crippen LogP contribution in [0.25, 0.3) is 0 Å². The molecule has 3 aromatic rings. The maximum Gasteiger partial charge on any atom is 0.130 e. The Hall–Kier alpha value is -2.72. The van der Waals surface area contributed by atoms with Crippen LogP contribution in [0, 0.1) is 11.6 Å². The topological polar surface area (TPSA) is 15.3 Å². The molecule has 0 amide bonds. The summed E-state index contributed by atoms with van der Waals surface area (Å²) < 4.78 is 26.9. The van der Waals surface area contributed by atoms with E-state index < -0.39 is 11.6 Å². The van der Waals surface area contributed by atoms with Gasteiger partial charge in [0, 0.05) is 42.6 Å². The molecule has 0 saturated carbocycles. The highest BCUT2D eigenvalue weighted by Gasteiger charge is 2.11. The van der Waals surface area contributed by atoms with E-state index in [0.29, 0.717) is 12.1 Å². The molecule has 1 N–H and O–H groups in total. The van der Waals surface area contributed by atoms with Gasteiger partial charge >= 0.3 is 0 Å². The molecule has 1 atom stereocenters. The molecule has 134 valence electrons. The predicted molar refractivity (Wildman–Crippen MR) is 103 cm³/mol. The molecular formula is C22H22F2N2. The normalized spacial score (nSPS) is 12.0. The maximum atomic E-state index is 13.8. The second-order valence-electron chi connectivity index (χ2n) is 6.33. The minimum absolute atomic E-state index is 0.206. The van der Waals surface area contributed by atoms with Crippen LogP contribution in [0.3, 0.4) is 0 Å². The van der Waals surface area contributed by atoms with Crippen LogP contribution in [-0.4, -0.2) is 7.05 Å². The van der Waals surface area contributed by atoms with Gasteiger partial charge in [0.05, 0.1) is 0 Å². The summed E-state index contributed by atoms with van der Waals surface area (Å²) in [4.78, 5) is 2.12. The van der Waals surface area contributed by atoms with Crippen molar-refractivity contribution in [2.45, 2.75) is 19.5 Å². The van der Waals surface area contributed by atoms with Crippen molar-refractivity contribution in [1.29, 1.82) is 0 Å². The van der Waals surface area contributed by atoms with Gasteiger partial charge in [-0.3, -0.25) is 0 Å². The largest absolute Gasteiger partial charge is 0.345 e. The van der Waals surface area contributed by atoms with Crippen LogP contribution in [-0.2, 0) is 6.54 Å². The van der Waals surface area contributed by atoms with Gasteiger partial charge < -0.3 is 10.2 Å². The molecule has 0 heterocycles. The molecule has 0 aliphatic carbocycles. The maximum absolute atomic E-state index is 13.8. The Kier molecular flexibility index (Phi) is 5.64. The van der Waals surface area contributed by atoms with Crippen LogP contribution in [0.15, 0.2) is 72.8 Å². The number of hydrogen-bond acceptors (Lipinski definition) is 2. The van der Waals surface area contributed by atoms with E-state index in [-0.39, 0.29) is 6.04 Å². The summed E-state index contributed by atoms with van der Waals surface area (Å²) in [6, 6.07) is 21.9. The van der Waals surface area contributed by atoms with E-state index in [2.05, 4.69) is 46.6 Å². The van der Waals surface area contributed by atoms with Crippen molar-refractivity contribution in [3.05, 3.63) is 95.6 Å². The Labute approximate surface area is 153 Å². The number of para-hydroxylation sites is 1. The molecular weight excluding hydrogens is 330 g/mol. The van der Waals surface area contributed by atoms with E-state index in [1.54, 1.807) is 0 Å². The van der Waals surface area contributed by atoms with E-state index in [1.807, 2.05) is 32.2 Å². The third-order valence-electron chi connectivity index (χ3n) is 4.51. The second kappa shape index (κ2) is 8.11. The highest BCUT2D eigenvalue weighted by molar-refractivity contribution is 5.62. The van der Waals surface area contributed by atoms with Crippen molar-refractivity contribution < 1.29 is 8.78 Å². The zero-order chi connectivity index (χ0) is 18.5. The molecule has 0 radical (unpaired) electrons. The van der Waals surface area contributed by atoms with Crippen molar-refractivity contribution in [2.24, 2.45) is 0 Å². The van der Waals surface area contributed by atoms with Crippen LogP contribution in [0.2, 0.25) is 0 Å². The molecule has 0 bridgehead atoms. The van der Waals surface area contributed by atoms with Crippen molar-refractivity contribution >= 4 is 11.4 Å². The van der Waals surface area contributed by atoms with E-state index in [9.17, 15) is 8.78 Å². The molecule has 3 aromatic carbocycles. The van der Waals surface area contributed by atoms with Gasteiger partial charge in [-0.05, 0) is 42.8 Å². The Morgan fingerprint density at radius 3 is 2.19 bits per heavy atom. The number of anilines is 2. The minimum atomic E-state index is -0.559. The lowest BCUT2D eigenvalue weighted by Crippen LogP contribution is -2.19. The lowest BCUT2D eigenvalue weighted by molar-refractivity contribution is 0.518. The first kappa shape index (κ1) is 18.1. The summed E-state index contributed by atoms with van der Waals surface area (Å²) in [6.07, 6.45) is 0. The summed E-state index contributed by atoms with van der Waals surface area (Å²) in [7, 11) is 2.03. The fourth-order valence-corrected chi connectivity index (χ4v) is 2.87. The summed E-state index contributed by atoms with van der Waals surface area (Å²) in [5.74, 6) is -1.08. The molecule has 2 nitrogen and oxygen atoms in total. The average molecular weight is 352 g/mol. The van der Waals surface area contributed by atoms with Gasteiger partial charge in [-0.25, -0.2) is 8.78 Å². The second-order valence-corrected chi connectivity index (χ2v) is 6.33. The minimum Gasteiger partial charge on any atom is -0.345 e. The third-order valence-corrected chi connectivity index (χ3v) is 4.51. The van der Waals surface area contributed by atoms with Crippen LogP contribution in [0.1, 0.15) is 24.1 Å². The number of halogens is 2. The summed E-state index contributed by atoms with van der Waals surface area (Å²) >= 11 is 0. The average Bonchev–Trinajstić information content (AvgIpc) is 2.66. The molecule has 4 heteroatoms. The molecule has 0 saturated heterocycles. The Balaban J connectivity index is 1.62. The number of nitrogens with one attached hydrogen (secondary N) is 1. The van der Waals surface area contributed by atoms with E-state index in [4.69, 9.17) is 0 Å². The number of rotatable bonds is 6. The van der Waals surface area contributed by atoms with Gasteiger partial charge in [0.2, 0.25) is 0 Å². The summed E-state index contributed by atoms with van der Waals surface area (Å²) in [5, 5.41) is 3.28. The fraction of sp³-hybridized carbons (Fsp3) is 0.182. The molecule has 0 aliphatic rings. The van der Waals surface area contributed by atoms with Gasteiger partial charge in [0.15, 0.2) is 0 Å². The van der Waals surface area contributed by atoms with Crippen LogP contribution < -0.4 is 10.2 Å². The van der Waals surface area contributed by atoms with E-state index >= 15 is 0 Å². The standard InChI is InChI=1S/C22H22F2N2/c1-16(21-13-10-18(23)14-22(21)24)25-15-17-8-11-20(12-9-17)26(2)19-6-4-3-5-7-19/h3-14,16,25H,15H2,1-2H3. The predicted octanol–water partition coefficient (Wildman–Crippen LogP) is 5.58. The van der Waals surface area contributed by atoms with Crippen molar-refractivity contribution in [1.82, 2.24) is 5.32 Å². The highest BCUT2D eigenvalue weighted by atomic mass is 19.1. The highest BCUT2D eigenvalue weighted by Crippen LogP contribution is 2.24. The van der Waals surface area contributed by atoms with Crippen molar-refractivity contribution in [2.75, 3.05) is 11.9 Å². The quantitative estimate of drug-likeness (QED) is 0.623. The zero-order valence-corrected chi connectivity index (χ0v) is 14.9. The van der Waals surface area contributed by atoms with Gasteiger partial charge in [0.1, 0.15) is 11.6 Å². The molecule has 0 spiro atoms. The lowest BCUT2D eigenvalue weighted by atomic mass is 10.1. The fourth-order valence-electron chi connectivity index (χ4n) is 2.87. The Morgan fingerprint density at radius 1 is 0.885 bits per heavy atom. The SMILES string of the molecule is CC(NCc1ccc(N(C)c2ccccc2)cc1)c1ccc(F)cc1F. The number of hydrogen-bond donors (Lipinski definition) is 1. The van der Waals surface area contributed by atoms with Gasteiger partial charge in [-0.2, -0.15) is 0 Å². The zero-order valence-electron chi connectivity index (χ0n) is 14.9. The molecule has 26 heavy (non-hydrogen) atoms. The summed E-state index contributed by atoms with van der Waals surface area (Å²) in [5.41, 5.74) is 3.78. The van der Waals surface area contributed by atoms with Gasteiger partial charge in [-0.1, -0.05) is 36.4 Å². The van der Waals surface area contributed by atoms with Crippen LogP contribution in [0.4, 0.5) is 20.2 Å². The smallest absolute Gasteiger partial charge is 0.130 e. The molecule has 0 aliphatic heterocycles. The molecule has 0 aromatic heterocycles. The molecule has 1 unspecified atom stereocenters. The molecule has 3 rings (SSSR count). The van der Waals surface area contributed by atoms with E-state index in [1.165, 1.54) is 12.1 Å². The first-order chi connectivity index (χ1) is 12.5. The Morgan fingerprint density at radius 2 is 1.54 bits per heavy atom. The monoisotopic (exact) mass is 352 g/mol. The van der Waals surface area contributed by atoms with Gasteiger partial charge in [-0.15, -0.1) is 0 Å². The first-order valence-corrected chi connectivity index (χ1v) is 8.60. The van der Waals surface area contributed by atoms with Crippen molar-refractivity contribution in [3.63, 3.8) is 0 Å². The van der Waals surface area contributed by atoms with Gasteiger partial charge in [0.25, 0.3) is 0 Å². The van der Waals surface area contributed by atoms with Crippen LogP contribution in [0.5, 0.6) is 0 Å². The lowest BCUT2D eigenvalue weighted by Gasteiger charge is -2.20. The molecule has 0 fully saturated rings. The first-order valence-electron chi connectivity index (χ1n) is 8.60. The van der Waals surface area contributed by atoms with Crippen LogP contribution >= 0.6 is 0 Å². The van der Waals surface area contributed by atoms with Crippen molar-refractivity contribution in [3.8, 4) is 0 Å². The van der Waals surface area contributed by atoms with E-state index in [0.717, 1.165) is 23.0 Å². The Bertz CT molecular complexity index is 848. The number of nitrogens with zero attached hydrogens (tertiary/aromatic N) is 1. The number of benzene rings is 3. The third kappa shape index (κ3) is 4.27.